The summed E-state index contributed by atoms with van der Waals surface area (Å²) < 4.78 is 0. The van der Waals surface area contributed by atoms with Crippen molar-refractivity contribution in [1.29, 1.82) is 0 Å². The van der Waals surface area contributed by atoms with Gasteiger partial charge in [0.1, 0.15) is 6.04 Å². The summed E-state index contributed by atoms with van der Waals surface area (Å²) in [4.78, 5) is 26.3. The van der Waals surface area contributed by atoms with Crippen LogP contribution in [-0.2, 0) is 9.59 Å². The van der Waals surface area contributed by atoms with Gasteiger partial charge in [0.15, 0.2) is 0 Å². The number of hydrogen-bond donors (Lipinski definition) is 2. The van der Waals surface area contributed by atoms with Crippen LogP contribution in [0.4, 0.5) is 0 Å². The number of nitrogens with one attached hydrogen (secondary N) is 2. The Bertz CT molecular complexity index is 445. The average molecular weight is 281 g/mol. The summed E-state index contributed by atoms with van der Waals surface area (Å²) in [6, 6.07) is 3.88. The molecule has 0 bridgehead atoms. The molecule has 2 heterocycles. The van der Waals surface area contributed by atoms with Crippen molar-refractivity contribution in [3.63, 3.8) is 0 Å². The number of carbonyl (C=O) groups excluding carboxylic acids is 2. The standard InChI is InChI=1S/C13H19N3O2S/c1-16(2)10(11-4-3-7-19-11)8-14-13(18)9-5-6-12(17)15-9/h3-4,7,9-10H,5-6,8H2,1-2H3,(H,14,18)(H,15,17)/t9-,10+/m0/s1. The van der Waals surface area contributed by atoms with Gasteiger partial charge >= 0.3 is 0 Å². The highest BCUT2D eigenvalue weighted by Gasteiger charge is 2.27. The quantitative estimate of drug-likeness (QED) is 0.837. The maximum absolute atomic E-state index is 11.9. The van der Waals surface area contributed by atoms with Gasteiger partial charge in [-0.1, -0.05) is 6.07 Å². The molecule has 1 saturated heterocycles. The van der Waals surface area contributed by atoms with Crippen LogP contribution in [0.2, 0.25) is 0 Å². The Kier molecular flexibility index (Phi) is 4.55. The van der Waals surface area contributed by atoms with Crippen molar-refractivity contribution < 1.29 is 9.59 Å². The first kappa shape index (κ1) is 14.0. The number of carbonyl (C=O) groups is 2. The normalized spacial score (nSPS) is 20.4. The fraction of sp³-hybridized carbons (Fsp3) is 0.538. The topological polar surface area (TPSA) is 61.4 Å². The Labute approximate surface area is 117 Å². The largest absolute Gasteiger partial charge is 0.352 e. The first-order valence-corrected chi connectivity index (χ1v) is 7.23. The van der Waals surface area contributed by atoms with E-state index in [1.54, 1.807) is 11.3 Å². The van der Waals surface area contributed by atoms with Gasteiger partial charge in [-0.2, -0.15) is 0 Å². The van der Waals surface area contributed by atoms with Crippen molar-refractivity contribution in [1.82, 2.24) is 15.5 Å². The van der Waals surface area contributed by atoms with Gasteiger partial charge in [0.2, 0.25) is 11.8 Å². The molecule has 2 rings (SSSR count). The van der Waals surface area contributed by atoms with Crippen LogP contribution in [0.3, 0.4) is 0 Å². The van der Waals surface area contributed by atoms with E-state index in [0.29, 0.717) is 19.4 Å². The molecule has 1 fully saturated rings. The molecule has 19 heavy (non-hydrogen) atoms. The van der Waals surface area contributed by atoms with Crippen molar-refractivity contribution in [3.8, 4) is 0 Å². The van der Waals surface area contributed by atoms with Crippen LogP contribution >= 0.6 is 11.3 Å². The van der Waals surface area contributed by atoms with Gasteiger partial charge in [0, 0.05) is 17.8 Å². The lowest BCUT2D eigenvalue weighted by Gasteiger charge is -2.24. The summed E-state index contributed by atoms with van der Waals surface area (Å²) in [7, 11) is 3.99. The minimum absolute atomic E-state index is 0.0393. The Morgan fingerprint density at radius 2 is 2.42 bits per heavy atom. The van der Waals surface area contributed by atoms with Crippen LogP contribution < -0.4 is 10.6 Å². The van der Waals surface area contributed by atoms with Gasteiger partial charge < -0.3 is 15.5 Å². The van der Waals surface area contributed by atoms with E-state index in [1.165, 1.54) is 4.88 Å². The number of likely N-dealkylation sites (N-methyl/N-ethyl adjacent to an activating group) is 1. The van der Waals surface area contributed by atoms with Crippen molar-refractivity contribution in [3.05, 3.63) is 22.4 Å². The van der Waals surface area contributed by atoms with Crippen LogP contribution in [0, 0.1) is 0 Å². The lowest BCUT2D eigenvalue weighted by Crippen LogP contribution is -2.44. The molecule has 1 aliphatic heterocycles. The van der Waals surface area contributed by atoms with E-state index in [0.717, 1.165) is 0 Å². The molecule has 2 atom stereocenters. The van der Waals surface area contributed by atoms with E-state index in [2.05, 4.69) is 21.6 Å². The Morgan fingerprint density at radius 1 is 1.63 bits per heavy atom. The highest BCUT2D eigenvalue weighted by molar-refractivity contribution is 7.10. The third-order valence-corrected chi connectivity index (χ3v) is 4.25. The Balaban J connectivity index is 1.89. The monoisotopic (exact) mass is 281 g/mol. The van der Waals surface area contributed by atoms with Crippen molar-refractivity contribution in [2.24, 2.45) is 0 Å². The fourth-order valence-corrected chi connectivity index (χ4v) is 3.07. The lowest BCUT2D eigenvalue weighted by molar-refractivity contribution is -0.125. The van der Waals surface area contributed by atoms with Crippen LogP contribution in [-0.4, -0.2) is 43.4 Å². The first-order chi connectivity index (χ1) is 9.08. The van der Waals surface area contributed by atoms with E-state index in [1.807, 2.05) is 25.5 Å². The van der Waals surface area contributed by atoms with E-state index in [9.17, 15) is 9.59 Å². The van der Waals surface area contributed by atoms with Gasteiger partial charge in [-0.05, 0) is 32.0 Å². The number of hydrogen-bond acceptors (Lipinski definition) is 4. The second-order valence-electron chi connectivity index (χ2n) is 4.90. The first-order valence-electron chi connectivity index (χ1n) is 6.35. The summed E-state index contributed by atoms with van der Waals surface area (Å²) in [6.07, 6.45) is 1.04. The Morgan fingerprint density at radius 3 is 2.95 bits per heavy atom. The number of rotatable bonds is 5. The highest BCUT2D eigenvalue weighted by Crippen LogP contribution is 2.22. The molecule has 0 radical (unpaired) electrons. The summed E-state index contributed by atoms with van der Waals surface area (Å²) in [6.45, 7) is 0.554. The minimum atomic E-state index is -0.362. The predicted molar refractivity (Wildman–Crippen MR) is 74.9 cm³/mol. The molecule has 5 nitrogen and oxygen atoms in total. The molecule has 2 amide bonds. The smallest absolute Gasteiger partial charge is 0.242 e. The third kappa shape index (κ3) is 3.54. The molecule has 104 valence electrons. The van der Waals surface area contributed by atoms with Crippen LogP contribution in [0.25, 0.3) is 0 Å². The van der Waals surface area contributed by atoms with Crippen LogP contribution in [0.5, 0.6) is 0 Å². The second-order valence-corrected chi connectivity index (χ2v) is 5.88. The third-order valence-electron chi connectivity index (χ3n) is 3.28. The van der Waals surface area contributed by atoms with E-state index < -0.39 is 0 Å². The summed E-state index contributed by atoms with van der Waals surface area (Å²) in [5.41, 5.74) is 0. The number of thiophene rings is 1. The van der Waals surface area contributed by atoms with Gasteiger partial charge in [0.05, 0.1) is 6.04 Å². The van der Waals surface area contributed by atoms with E-state index in [4.69, 9.17) is 0 Å². The van der Waals surface area contributed by atoms with Crippen LogP contribution in [0.1, 0.15) is 23.8 Å². The summed E-state index contributed by atoms with van der Waals surface area (Å²) in [5.74, 6) is -0.128. The SMILES string of the molecule is CN(C)[C@H](CNC(=O)[C@@H]1CCC(=O)N1)c1cccs1. The number of nitrogens with zero attached hydrogens (tertiary/aromatic N) is 1. The molecule has 6 heteroatoms. The van der Waals surface area contributed by atoms with E-state index >= 15 is 0 Å². The molecule has 0 aliphatic carbocycles. The molecule has 0 aromatic carbocycles. The van der Waals surface area contributed by atoms with Crippen molar-refractivity contribution in [2.75, 3.05) is 20.6 Å². The molecule has 1 aromatic rings. The predicted octanol–water partition coefficient (Wildman–Crippen LogP) is 0.746. The zero-order valence-electron chi connectivity index (χ0n) is 11.2. The zero-order chi connectivity index (χ0) is 13.8. The van der Waals surface area contributed by atoms with Crippen molar-refractivity contribution in [2.45, 2.75) is 24.9 Å². The Hall–Kier alpha value is -1.40. The second kappa shape index (κ2) is 6.16. The molecular weight excluding hydrogens is 262 g/mol. The molecule has 1 aliphatic rings. The highest BCUT2D eigenvalue weighted by atomic mass is 32.1. The molecular formula is C13H19N3O2S. The summed E-state index contributed by atoms with van der Waals surface area (Å²) >= 11 is 1.68. The van der Waals surface area contributed by atoms with Gasteiger partial charge in [-0.3, -0.25) is 9.59 Å². The maximum Gasteiger partial charge on any atom is 0.242 e. The number of amides is 2. The van der Waals surface area contributed by atoms with Gasteiger partial charge in [-0.15, -0.1) is 11.3 Å². The fourth-order valence-electron chi connectivity index (χ4n) is 2.15. The van der Waals surface area contributed by atoms with E-state index in [-0.39, 0.29) is 23.9 Å². The average Bonchev–Trinajstić information content (AvgIpc) is 3.00. The zero-order valence-corrected chi connectivity index (χ0v) is 12.0. The lowest BCUT2D eigenvalue weighted by atomic mass is 10.2. The van der Waals surface area contributed by atoms with Crippen molar-refractivity contribution >= 4 is 23.2 Å². The molecule has 0 saturated carbocycles. The minimum Gasteiger partial charge on any atom is -0.352 e. The van der Waals surface area contributed by atoms with Gasteiger partial charge in [-0.25, -0.2) is 0 Å². The molecule has 0 spiro atoms. The molecule has 0 unspecified atom stereocenters. The van der Waals surface area contributed by atoms with Gasteiger partial charge in [0.25, 0.3) is 0 Å². The molecule has 1 aromatic heterocycles. The summed E-state index contributed by atoms with van der Waals surface area (Å²) in [5, 5.41) is 7.64. The molecule has 2 N–H and O–H groups in total. The van der Waals surface area contributed by atoms with Crippen LogP contribution in [0.15, 0.2) is 17.5 Å². The maximum atomic E-state index is 11.9.